The molecule has 5 heteroatoms. The number of hydrogen-bond acceptors (Lipinski definition) is 3. The first kappa shape index (κ1) is 10.9. The number of hydrogen-bond donors (Lipinski definition) is 2. The van der Waals surface area contributed by atoms with Crippen molar-refractivity contribution in [2.24, 2.45) is 5.73 Å². The Kier molecular flexibility index (Phi) is 3.32. The van der Waals surface area contributed by atoms with E-state index in [9.17, 15) is 8.42 Å². The molecule has 0 atom stereocenters. The first-order valence-corrected chi connectivity index (χ1v) is 6.40. The van der Waals surface area contributed by atoms with Gasteiger partial charge in [0.25, 0.3) is 0 Å². The predicted octanol–water partition coefficient (Wildman–Crippen LogP) is 0.197. The van der Waals surface area contributed by atoms with Gasteiger partial charge in [-0.1, -0.05) is 12.8 Å². The number of nitrogens with two attached hydrogens (primary N) is 1. The van der Waals surface area contributed by atoms with Gasteiger partial charge in [-0.05, 0) is 19.8 Å². The first-order chi connectivity index (χ1) is 6.04. The summed E-state index contributed by atoms with van der Waals surface area (Å²) in [4.78, 5) is 0. The SMILES string of the molecule is CCS(=O)(=O)NC1(CN)CCCC1. The predicted molar refractivity (Wildman–Crippen MR) is 52.8 cm³/mol. The van der Waals surface area contributed by atoms with Gasteiger partial charge in [-0.2, -0.15) is 0 Å². The van der Waals surface area contributed by atoms with Gasteiger partial charge in [0.15, 0.2) is 0 Å². The van der Waals surface area contributed by atoms with Crippen LogP contribution in [-0.4, -0.2) is 26.3 Å². The topological polar surface area (TPSA) is 72.2 Å². The zero-order valence-electron chi connectivity index (χ0n) is 8.04. The van der Waals surface area contributed by atoms with Gasteiger partial charge in [-0.25, -0.2) is 13.1 Å². The molecule has 0 radical (unpaired) electrons. The average Bonchev–Trinajstić information content (AvgIpc) is 2.53. The second kappa shape index (κ2) is 3.94. The molecule has 13 heavy (non-hydrogen) atoms. The Labute approximate surface area is 79.9 Å². The molecule has 0 bridgehead atoms. The van der Waals surface area contributed by atoms with Crippen LogP contribution >= 0.6 is 0 Å². The van der Waals surface area contributed by atoms with E-state index in [1.54, 1.807) is 6.92 Å². The molecule has 1 fully saturated rings. The van der Waals surface area contributed by atoms with Gasteiger partial charge in [-0.3, -0.25) is 0 Å². The minimum atomic E-state index is -3.10. The first-order valence-electron chi connectivity index (χ1n) is 4.75. The molecule has 4 nitrogen and oxygen atoms in total. The van der Waals surface area contributed by atoms with Gasteiger partial charge in [0.2, 0.25) is 10.0 Å². The second-order valence-electron chi connectivity index (χ2n) is 3.70. The minimum absolute atomic E-state index is 0.134. The molecule has 0 unspecified atom stereocenters. The summed E-state index contributed by atoms with van der Waals surface area (Å²) >= 11 is 0. The van der Waals surface area contributed by atoms with Crippen molar-refractivity contribution in [1.82, 2.24) is 4.72 Å². The third-order valence-electron chi connectivity index (χ3n) is 2.70. The summed E-state index contributed by atoms with van der Waals surface area (Å²) in [6, 6.07) is 0. The van der Waals surface area contributed by atoms with E-state index < -0.39 is 10.0 Å². The van der Waals surface area contributed by atoms with Gasteiger partial charge in [-0.15, -0.1) is 0 Å². The highest BCUT2D eigenvalue weighted by Crippen LogP contribution is 2.29. The van der Waals surface area contributed by atoms with Crippen molar-refractivity contribution in [2.75, 3.05) is 12.3 Å². The zero-order chi connectivity index (χ0) is 9.95. The molecule has 0 aromatic heterocycles. The molecule has 1 aliphatic rings. The van der Waals surface area contributed by atoms with Crippen molar-refractivity contribution >= 4 is 10.0 Å². The molecule has 78 valence electrons. The van der Waals surface area contributed by atoms with Crippen molar-refractivity contribution in [1.29, 1.82) is 0 Å². The third-order valence-corrected chi connectivity index (χ3v) is 4.21. The quantitative estimate of drug-likeness (QED) is 0.690. The van der Waals surface area contributed by atoms with Crippen LogP contribution in [0.2, 0.25) is 0 Å². The lowest BCUT2D eigenvalue weighted by Crippen LogP contribution is -2.51. The Morgan fingerprint density at radius 3 is 2.31 bits per heavy atom. The monoisotopic (exact) mass is 206 g/mol. The Morgan fingerprint density at radius 2 is 1.92 bits per heavy atom. The van der Waals surface area contributed by atoms with Crippen LogP contribution in [0, 0.1) is 0 Å². The smallest absolute Gasteiger partial charge is 0.211 e. The molecular weight excluding hydrogens is 188 g/mol. The summed E-state index contributed by atoms with van der Waals surface area (Å²) in [6.45, 7) is 2.05. The second-order valence-corrected chi connectivity index (χ2v) is 5.71. The summed E-state index contributed by atoms with van der Waals surface area (Å²) in [7, 11) is -3.10. The van der Waals surface area contributed by atoms with Crippen molar-refractivity contribution in [3.05, 3.63) is 0 Å². The molecule has 0 saturated heterocycles. The highest BCUT2D eigenvalue weighted by molar-refractivity contribution is 7.89. The van der Waals surface area contributed by atoms with E-state index in [0.717, 1.165) is 25.7 Å². The molecule has 0 heterocycles. The highest BCUT2D eigenvalue weighted by Gasteiger charge is 2.35. The fraction of sp³-hybridized carbons (Fsp3) is 1.00. The van der Waals surface area contributed by atoms with E-state index >= 15 is 0 Å². The highest BCUT2D eigenvalue weighted by atomic mass is 32.2. The average molecular weight is 206 g/mol. The molecule has 0 spiro atoms. The van der Waals surface area contributed by atoms with Crippen LogP contribution in [0.5, 0.6) is 0 Å². The maximum atomic E-state index is 11.4. The molecular formula is C8H18N2O2S. The summed E-state index contributed by atoms with van der Waals surface area (Å²) < 4.78 is 25.4. The van der Waals surface area contributed by atoms with Gasteiger partial charge in [0, 0.05) is 12.1 Å². The lowest BCUT2D eigenvalue weighted by Gasteiger charge is -2.27. The maximum absolute atomic E-state index is 11.4. The van der Waals surface area contributed by atoms with Crippen LogP contribution in [0.3, 0.4) is 0 Å². The van der Waals surface area contributed by atoms with E-state index in [-0.39, 0.29) is 11.3 Å². The van der Waals surface area contributed by atoms with Crippen LogP contribution in [-0.2, 0) is 10.0 Å². The Morgan fingerprint density at radius 1 is 1.38 bits per heavy atom. The lowest BCUT2D eigenvalue weighted by molar-refractivity contribution is 0.400. The molecule has 0 aliphatic heterocycles. The van der Waals surface area contributed by atoms with Crippen molar-refractivity contribution in [3.63, 3.8) is 0 Å². The maximum Gasteiger partial charge on any atom is 0.211 e. The number of nitrogens with one attached hydrogen (secondary N) is 1. The van der Waals surface area contributed by atoms with E-state index in [2.05, 4.69) is 4.72 Å². The zero-order valence-corrected chi connectivity index (χ0v) is 8.86. The van der Waals surface area contributed by atoms with Gasteiger partial charge < -0.3 is 5.73 Å². The van der Waals surface area contributed by atoms with E-state index in [1.165, 1.54) is 0 Å². The normalized spacial score (nSPS) is 22.0. The summed E-state index contributed by atoms with van der Waals surface area (Å²) in [6.07, 6.45) is 3.90. The Hall–Kier alpha value is -0.130. The van der Waals surface area contributed by atoms with Crippen LogP contribution in [0.15, 0.2) is 0 Å². The van der Waals surface area contributed by atoms with E-state index in [0.29, 0.717) is 6.54 Å². The standard InChI is InChI=1S/C8H18N2O2S/c1-2-13(11,12)10-8(7-9)5-3-4-6-8/h10H,2-7,9H2,1H3. The van der Waals surface area contributed by atoms with Gasteiger partial charge >= 0.3 is 0 Å². The molecule has 1 aliphatic carbocycles. The molecule has 0 aromatic carbocycles. The van der Waals surface area contributed by atoms with Crippen molar-refractivity contribution in [3.8, 4) is 0 Å². The fourth-order valence-corrected chi connectivity index (χ4v) is 2.89. The molecule has 0 amide bonds. The summed E-state index contributed by atoms with van der Waals surface area (Å²) in [5, 5.41) is 0. The van der Waals surface area contributed by atoms with Crippen molar-refractivity contribution < 1.29 is 8.42 Å². The summed E-state index contributed by atoms with van der Waals surface area (Å²) in [5.41, 5.74) is 5.27. The van der Waals surface area contributed by atoms with Crippen LogP contribution in [0.1, 0.15) is 32.6 Å². The fourth-order valence-electron chi connectivity index (χ4n) is 1.80. The van der Waals surface area contributed by atoms with E-state index in [1.807, 2.05) is 0 Å². The molecule has 1 rings (SSSR count). The van der Waals surface area contributed by atoms with Crippen LogP contribution < -0.4 is 10.5 Å². The van der Waals surface area contributed by atoms with Crippen LogP contribution in [0.4, 0.5) is 0 Å². The minimum Gasteiger partial charge on any atom is -0.329 e. The van der Waals surface area contributed by atoms with E-state index in [4.69, 9.17) is 5.73 Å². The number of rotatable bonds is 4. The Bertz CT molecular complexity index is 255. The lowest BCUT2D eigenvalue weighted by atomic mass is 10.0. The molecule has 1 saturated carbocycles. The third kappa shape index (κ3) is 2.65. The molecule has 3 N–H and O–H groups in total. The number of sulfonamides is 1. The van der Waals surface area contributed by atoms with Crippen LogP contribution in [0.25, 0.3) is 0 Å². The summed E-state index contributed by atoms with van der Waals surface area (Å²) in [5.74, 6) is 0.134. The van der Waals surface area contributed by atoms with Gasteiger partial charge in [0.05, 0.1) is 5.75 Å². The van der Waals surface area contributed by atoms with Crippen molar-refractivity contribution in [2.45, 2.75) is 38.1 Å². The Balaban J connectivity index is 2.69. The van der Waals surface area contributed by atoms with Gasteiger partial charge in [0.1, 0.15) is 0 Å². The molecule has 0 aromatic rings. The largest absolute Gasteiger partial charge is 0.329 e.